The Bertz CT molecular complexity index is 281. The predicted molar refractivity (Wildman–Crippen MR) is 48.5 cm³/mol. The monoisotopic (exact) mass is 200 g/mol. The molecule has 2 N–H and O–H groups in total. The number of nitrogens with one attached hydrogen (secondary N) is 1. The first-order chi connectivity index (χ1) is 6.40. The average Bonchev–Trinajstić information content (AvgIpc) is 2.03. The molecule has 0 unspecified atom stereocenters. The Labute approximate surface area is 80.7 Å². The number of carboxylic acids is 1. The van der Waals surface area contributed by atoms with Crippen molar-refractivity contribution in [3.05, 3.63) is 10.4 Å². The number of azide groups is 1. The van der Waals surface area contributed by atoms with Gasteiger partial charge in [-0.1, -0.05) is 5.11 Å². The number of aliphatic carboxylic acids is 1. The lowest BCUT2D eigenvalue weighted by atomic mass is 10.1. The lowest BCUT2D eigenvalue weighted by molar-refractivity contribution is -0.146. The fourth-order valence-electron chi connectivity index (χ4n) is 0.661. The molecule has 0 aromatic rings. The van der Waals surface area contributed by atoms with E-state index in [1.807, 2.05) is 0 Å². The maximum Gasteiger partial charge on any atom is 0.328 e. The molecular weight excluding hydrogens is 188 g/mol. The van der Waals surface area contributed by atoms with Crippen molar-refractivity contribution in [1.82, 2.24) is 5.32 Å². The molecule has 0 saturated carbocycles. The minimum atomic E-state index is -1.30. The first-order valence-corrected chi connectivity index (χ1v) is 3.95. The van der Waals surface area contributed by atoms with E-state index in [-0.39, 0.29) is 13.0 Å². The SMILES string of the molecule is CC(C)(NC(=O)CCN=[N+]=[N-])C(=O)O. The quantitative estimate of drug-likeness (QED) is 0.386. The Kier molecular flexibility index (Phi) is 4.45. The summed E-state index contributed by atoms with van der Waals surface area (Å²) < 4.78 is 0. The van der Waals surface area contributed by atoms with Crippen LogP contribution in [-0.4, -0.2) is 29.1 Å². The number of carbonyl (C=O) groups excluding carboxylic acids is 1. The van der Waals surface area contributed by atoms with Crippen molar-refractivity contribution in [2.75, 3.05) is 6.54 Å². The second-order valence-electron chi connectivity index (χ2n) is 3.18. The second kappa shape index (κ2) is 5.08. The molecule has 0 saturated heterocycles. The molecule has 0 heterocycles. The van der Waals surface area contributed by atoms with Crippen LogP contribution in [0.2, 0.25) is 0 Å². The fraction of sp³-hybridized carbons (Fsp3) is 0.714. The highest BCUT2D eigenvalue weighted by Gasteiger charge is 2.28. The molecule has 78 valence electrons. The van der Waals surface area contributed by atoms with Gasteiger partial charge in [0.1, 0.15) is 5.54 Å². The molecule has 0 aliphatic heterocycles. The zero-order valence-corrected chi connectivity index (χ0v) is 8.02. The molecular formula is C7H12N4O3. The van der Waals surface area contributed by atoms with E-state index in [4.69, 9.17) is 10.6 Å². The van der Waals surface area contributed by atoms with Crippen molar-refractivity contribution in [3.63, 3.8) is 0 Å². The molecule has 0 atom stereocenters. The lowest BCUT2D eigenvalue weighted by Gasteiger charge is -2.20. The topological polar surface area (TPSA) is 115 Å². The summed E-state index contributed by atoms with van der Waals surface area (Å²) in [5, 5.41) is 14.1. The smallest absolute Gasteiger partial charge is 0.328 e. The molecule has 1 amide bonds. The molecule has 14 heavy (non-hydrogen) atoms. The fourth-order valence-corrected chi connectivity index (χ4v) is 0.661. The summed E-state index contributed by atoms with van der Waals surface area (Å²) >= 11 is 0. The number of hydrogen-bond donors (Lipinski definition) is 2. The van der Waals surface area contributed by atoms with Crippen LogP contribution in [-0.2, 0) is 9.59 Å². The highest BCUT2D eigenvalue weighted by Crippen LogP contribution is 2.02. The molecule has 0 aromatic heterocycles. The largest absolute Gasteiger partial charge is 0.480 e. The summed E-state index contributed by atoms with van der Waals surface area (Å²) in [5.74, 6) is -1.57. The van der Waals surface area contributed by atoms with Crippen molar-refractivity contribution in [2.45, 2.75) is 25.8 Å². The van der Waals surface area contributed by atoms with Crippen LogP contribution in [0.25, 0.3) is 10.4 Å². The standard InChI is InChI=1S/C7H12N4O3/c1-7(2,6(13)14)10-5(12)3-4-9-11-8/h3-4H2,1-2H3,(H,10,12)(H,13,14). The number of carboxylic acid groups (broad SMARTS) is 1. The highest BCUT2D eigenvalue weighted by molar-refractivity contribution is 5.86. The molecule has 0 aliphatic rings. The van der Waals surface area contributed by atoms with Crippen molar-refractivity contribution in [3.8, 4) is 0 Å². The van der Waals surface area contributed by atoms with Crippen LogP contribution >= 0.6 is 0 Å². The van der Waals surface area contributed by atoms with Gasteiger partial charge in [0.2, 0.25) is 5.91 Å². The number of carbonyl (C=O) groups is 2. The zero-order chi connectivity index (χ0) is 11.2. The normalized spacial score (nSPS) is 10.1. The van der Waals surface area contributed by atoms with Gasteiger partial charge in [0.15, 0.2) is 0 Å². The number of amides is 1. The predicted octanol–water partition coefficient (Wildman–Crippen LogP) is 0.666. The number of rotatable bonds is 5. The third-order valence-corrected chi connectivity index (χ3v) is 1.49. The van der Waals surface area contributed by atoms with Gasteiger partial charge >= 0.3 is 5.97 Å². The van der Waals surface area contributed by atoms with E-state index in [0.717, 1.165) is 0 Å². The van der Waals surface area contributed by atoms with E-state index in [2.05, 4.69) is 15.3 Å². The molecule has 7 heteroatoms. The second-order valence-corrected chi connectivity index (χ2v) is 3.18. The zero-order valence-electron chi connectivity index (χ0n) is 8.02. The van der Waals surface area contributed by atoms with Crippen LogP contribution in [0, 0.1) is 0 Å². The van der Waals surface area contributed by atoms with Crippen LogP contribution < -0.4 is 5.32 Å². The Balaban J connectivity index is 4.05. The van der Waals surface area contributed by atoms with Crippen LogP contribution in [0.5, 0.6) is 0 Å². The van der Waals surface area contributed by atoms with Crippen molar-refractivity contribution >= 4 is 11.9 Å². The molecule has 0 rings (SSSR count). The molecule has 0 fully saturated rings. The van der Waals surface area contributed by atoms with E-state index in [9.17, 15) is 9.59 Å². The lowest BCUT2D eigenvalue weighted by Crippen LogP contribution is -2.49. The first kappa shape index (κ1) is 12.2. The van der Waals surface area contributed by atoms with Crippen molar-refractivity contribution < 1.29 is 14.7 Å². The van der Waals surface area contributed by atoms with Gasteiger partial charge in [-0.25, -0.2) is 4.79 Å². The maximum absolute atomic E-state index is 11.1. The Hall–Kier alpha value is -1.75. The highest BCUT2D eigenvalue weighted by atomic mass is 16.4. The van der Waals surface area contributed by atoms with Crippen LogP contribution in [0.1, 0.15) is 20.3 Å². The minimum Gasteiger partial charge on any atom is -0.480 e. The van der Waals surface area contributed by atoms with E-state index < -0.39 is 17.4 Å². The summed E-state index contributed by atoms with van der Waals surface area (Å²) in [6, 6.07) is 0. The van der Waals surface area contributed by atoms with Gasteiger partial charge in [0, 0.05) is 17.9 Å². The Morgan fingerprint density at radius 2 is 2.14 bits per heavy atom. The van der Waals surface area contributed by atoms with Crippen LogP contribution in [0.15, 0.2) is 5.11 Å². The Morgan fingerprint density at radius 1 is 1.57 bits per heavy atom. The van der Waals surface area contributed by atoms with Gasteiger partial charge in [-0.15, -0.1) is 0 Å². The molecule has 0 bridgehead atoms. The van der Waals surface area contributed by atoms with E-state index in [1.54, 1.807) is 0 Å². The molecule has 0 spiro atoms. The molecule has 0 radical (unpaired) electrons. The van der Waals surface area contributed by atoms with Gasteiger partial charge in [0.25, 0.3) is 0 Å². The van der Waals surface area contributed by atoms with Crippen LogP contribution in [0.3, 0.4) is 0 Å². The molecule has 7 nitrogen and oxygen atoms in total. The summed E-state index contributed by atoms with van der Waals surface area (Å²) in [5.41, 5.74) is 6.63. The third-order valence-electron chi connectivity index (χ3n) is 1.49. The maximum atomic E-state index is 11.1. The van der Waals surface area contributed by atoms with E-state index in [0.29, 0.717) is 0 Å². The van der Waals surface area contributed by atoms with E-state index in [1.165, 1.54) is 13.8 Å². The summed E-state index contributed by atoms with van der Waals surface area (Å²) in [6.45, 7) is 2.78. The Morgan fingerprint density at radius 3 is 2.57 bits per heavy atom. The third kappa shape index (κ3) is 4.32. The van der Waals surface area contributed by atoms with Gasteiger partial charge in [-0.3, -0.25) is 4.79 Å². The summed E-state index contributed by atoms with van der Waals surface area (Å²) in [7, 11) is 0. The molecule has 0 aromatic carbocycles. The van der Waals surface area contributed by atoms with E-state index >= 15 is 0 Å². The first-order valence-electron chi connectivity index (χ1n) is 3.95. The minimum absolute atomic E-state index is 0.0131. The number of hydrogen-bond acceptors (Lipinski definition) is 3. The van der Waals surface area contributed by atoms with Gasteiger partial charge < -0.3 is 10.4 Å². The number of nitrogens with zero attached hydrogens (tertiary/aromatic N) is 3. The average molecular weight is 200 g/mol. The summed E-state index contributed by atoms with van der Waals surface area (Å²) in [4.78, 5) is 24.1. The van der Waals surface area contributed by atoms with Crippen molar-refractivity contribution in [2.24, 2.45) is 5.11 Å². The van der Waals surface area contributed by atoms with Gasteiger partial charge in [-0.2, -0.15) is 0 Å². The van der Waals surface area contributed by atoms with Gasteiger partial charge in [0.05, 0.1) is 0 Å². The summed E-state index contributed by atoms with van der Waals surface area (Å²) in [6.07, 6.45) is -0.0131. The molecule has 0 aliphatic carbocycles. The van der Waals surface area contributed by atoms with Crippen molar-refractivity contribution in [1.29, 1.82) is 0 Å². The van der Waals surface area contributed by atoms with Crippen LogP contribution in [0.4, 0.5) is 0 Å². The van der Waals surface area contributed by atoms with Gasteiger partial charge in [-0.05, 0) is 19.4 Å².